The fourth-order valence-corrected chi connectivity index (χ4v) is 2.54. The van der Waals surface area contributed by atoms with E-state index in [1.807, 2.05) is 0 Å². The van der Waals surface area contributed by atoms with Gasteiger partial charge in [-0.1, -0.05) is 18.6 Å². The van der Waals surface area contributed by atoms with Crippen molar-refractivity contribution in [2.24, 2.45) is 5.92 Å². The second-order valence-electron chi connectivity index (χ2n) is 4.63. The van der Waals surface area contributed by atoms with Gasteiger partial charge in [-0.2, -0.15) is 0 Å². The van der Waals surface area contributed by atoms with E-state index < -0.39 is 0 Å². The molecule has 2 aliphatic rings. The van der Waals surface area contributed by atoms with Crippen molar-refractivity contribution in [3.63, 3.8) is 0 Å². The first-order valence-corrected chi connectivity index (χ1v) is 5.94. The molecule has 3 atom stereocenters. The summed E-state index contributed by atoms with van der Waals surface area (Å²) in [5, 5.41) is 13.2. The molecule has 2 N–H and O–H groups in total. The van der Waals surface area contributed by atoms with Crippen LogP contribution >= 0.6 is 0 Å². The van der Waals surface area contributed by atoms with E-state index in [1.165, 1.54) is 32.1 Å². The van der Waals surface area contributed by atoms with E-state index in [1.54, 1.807) is 0 Å². The van der Waals surface area contributed by atoms with Gasteiger partial charge in [-0.05, 0) is 38.0 Å². The first-order chi connectivity index (χ1) is 6.86. The molecule has 0 heterocycles. The van der Waals surface area contributed by atoms with Crippen LogP contribution in [0.1, 0.15) is 38.5 Å². The van der Waals surface area contributed by atoms with E-state index in [-0.39, 0.29) is 6.10 Å². The smallest absolute Gasteiger partial charge is 0.0580 e. The van der Waals surface area contributed by atoms with E-state index in [0.717, 1.165) is 13.0 Å². The molecule has 0 radical (unpaired) electrons. The molecule has 0 aromatic rings. The summed E-state index contributed by atoms with van der Waals surface area (Å²) in [5.41, 5.74) is 0. The maximum absolute atomic E-state index is 9.66. The van der Waals surface area contributed by atoms with Crippen LogP contribution in [-0.4, -0.2) is 23.8 Å². The monoisotopic (exact) mass is 195 g/mol. The molecule has 0 aromatic carbocycles. The fourth-order valence-electron chi connectivity index (χ4n) is 2.54. The summed E-state index contributed by atoms with van der Waals surface area (Å²) in [5.74, 6) is 0.505. The van der Waals surface area contributed by atoms with E-state index >= 15 is 0 Å². The number of hydrogen-bond donors (Lipinski definition) is 2. The normalized spacial score (nSPS) is 37.6. The quantitative estimate of drug-likeness (QED) is 0.674. The Morgan fingerprint density at radius 3 is 2.79 bits per heavy atom. The van der Waals surface area contributed by atoms with Crippen LogP contribution in [-0.2, 0) is 0 Å². The molecule has 0 amide bonds. The molecule has 1 saturated carbocycles. The van der Waals surface area contributed by atoms with Crippen LogP contribution in [0.5, 0.6) is 0 Å². The van der Waals surface area contributed by atoms with E-state index in [4.69, 9.17) is 0 Å². The topological polar surface area (TPSA) is 32.3 Å². The second-order valence-corrected chi connectivity index (χ2v) is 4.63. The molecule has 2 rings (SSSR count). The standard InChI is InChI=1S/C12H21NO/c14-12-8-4-5-10(12)9-13-11-6-2-1-3-7-11/h2,6,10-14H,1,3-5,7-9H2. The third kappa shape index (κ3) is 2.58. The molecular formula is C12H21NO. The first kappa shape index (κ1) is 10.2. The molecule has 0 aromatic heterocycles. The van der Waals surface area contributed by atoms with Crippen molar-refractivity contribution in [3.05, 3.63) is 12.2 Å². The zero-order valence-corrected chi connectivity index (χ0v) is 8.78. The van der Waals surface area contributed by atoms with Crippen LogP contribution < -0.4 is 5.32 Å². The van der Waals surface area contributed by atoms with Crippen molar-refractivity contribution < 1.29 is 5.11 Å². The van der Waals surface area contributed by atoms with Crippen LogP contribution in [0.2, 0.25) is 0 Å². The minimum Gasteiger partial charge on any atom is -0.393 e. The Hall–Kier alpha value is -0.340. The lowest BCUT2D eigenvalue weighted by Gasteiger charge is -2.21. The van der Waals surface area contributed by atoms with Gasteiger partial charge in [0.15, 0.2) is 0 Å². The lowest BCUT2D eigenvalue weighted by molar-refractivity contribution is 0.130. The minimum atomic E-state index is -0.0462. The lowest BCUT2D eigenvalue weighted by atomic mass is 10.0. The SMILES string of the molecule is OC1CCCC1CNC1C=CCCC1. The van der Waals surface area contributed by atoms with Crippen LogP contribution in [0.25, 0.3) is 0 Å². The first-order valence-electron chi connectivity index (χ1n) is 5.94. The molecule has 1 fully saturated rings. The zero-order chi connectivity index (χ0) is 9.80. The van der Waals surface area contributed by atoms with Crippen molar-refractivity contribution in [1.82, 2.24) is 5.32 Å². The predicted molar refractivity (Wildman–Crippen MR) is 58.1 cm³/mol. The number of allylic oxidation sites excluding steroid dienone is 1. The largest absolute Gasteiger partial charge is 0.393 e. The molecule has 0 spiro atoms. The summed E-state index contributed by atoms with van der Waals surface area (Å²) in [6.07, 6.45) is 11.7. The molecule has 14 heavy (non-hydrogen) atoms. The van der Waals surface area contributed by atoms with Crippen molar-refractivity contribution in [1.29, 1.82) is 0 Å². The van der Waals surface area contributed by atoms with Gasteiger partial charge in [0, 0.05) is 12.6 Å². The second kappa shape index (κ2) is 4.94. The van der Waals surface area contributed by atoms with E-state index in [9.17, 15) is 5.11 Å². The van der Waals surface area contributed by atoms with Gasteiger partial charge in [-0.25, -0.2) is 0 Å². The van der Waals surface area contributed by atoms with Gasteiger partial charge in [-0.3, -0.25) is 0 Å². The molecule has 80 valence electrons. The molecule has 0 aliphatic heterocycles. The maximum atomic E-state index is 9.66. The molecule has 0 saturated heterocycles. The Kier molecular flexibility index (Phi) is 3.60. The molecule has 2 nitrogen and oxygen atoms in total. The van der Waals surface area contributed by atoms with Crippen molar-refractivity contribution >= 4 is 0 Å². The van der Waals surface area contributed by atoms with Gasteiger partial charge in [0.2, 0.25) is 0 Å². The van der Waals surface area contributed by atoms with Gasteiger partial charge in [0.1, 0.15) is 0 Å². The van der Waals surface area contributed by atoms with Gasteiger partial charge < -0.3 is 10.4 Å². The minimum absolute atomic E-state index is 0.0462. The summed E-state index contributed by atoms with van der Waals surface area (Å²) in [7, 11) is 0. The predicted octanol–water partition coefficient (Wildman–Crippen LogP) is 1.85. The third-order valence-corrected chi connectivity index (χ3v) is 3.52. The molecule has 3 unspecified atom stereocenters. The van der Waals surface area contributed by atoms with Crippen LogP contribution in [0.3, 0.4) is 0 Å². The fraction of sp³-hybridized carbons (Fsp3) is 0.833. The molecule has 2 aliphatic carbocycles. The number of aliphatic hydroxyl groups is 1. The van der Waals surface area contributed by atoms with E-state index in [0.29, 0.717) is 12.0 Å². The lowest BCUT2D eigenvalue weighted by Crippen LogP contribution is -2.35. The summed E-state index contributed by atoms with van der Waals surface area (Å²) in [6, 6.07) is 0.566. The Balaban J connectivity index is 1.70. The summed E-state index contributed by atoms with van der Waals surface area (Å²) in [4.78, 5) is 0. The average molecular weight is 195 g/mol. The van der Waals surface area contributed by atoms with Crippen LogP contribution in [0, 0.1) is 5.92 Å². The Morgan fingerprint density at radius 2 is 2.14 bits per heavy atom. The highest BCUT2D eigenvalue weighted by Crippen LogP contribution is 2.25. The van der Waals surface area contributed by atoms with Gasteiger partial charge in [-0.15, -0.1) is 0 Å². The van der Waals surface area contributed by atoms with Crippen molar-refractivity contribution in [2.45, 2.75) is 50.7 Å². The average Bonchev–Trinajstić information content (AvgIpc) is 2.63. The zero-order valence-electron chi connectivity index (χ0n) is 8.78. The number of nitrogens with one attached hydrogen (secondary N) is 1. The third-order valence-electron chi connectivity index (χ3n) is 3.52. The maximum Gasteiger partial charge on any atom is 0.0580 e. The Labute approximate surface area is 86.4 Å². The van der Waals surface area contributed by atoms with Gasteiger partial charge in [0.25, 0.3) is 0 Å². The Bertz CT molecular complexity index is 202. The van der Waals surface area contributed by atoms with Crippen molar-refractivity contribution in [3.8, 4) is 0 Å². The summed E-state index contributed by atoms with van der Waals surface area (Å²) in [6.45, 7) is 0.996. The van der Waals surface area contributed by atoms with Crippen molar-refractivity contribution in [2.75, 3.05) is 6.54 Å². The molecule has 2 heteroatoms. The highest BCUT2D eigenvalue weighted by atomic mass is 16.3. The molecular weight excluding hydrogens is 174 g/mol. The highest BCUT2D eigenvalue weighted by Gasteiger charge is 2.25. The number of aliphatic hydroxyl groups excluding tert-OH is 1. The number of hydrogen-bond acceptors (Lipinski definition) is 2. The molecule has 0 bridgehead atoms. The Morgan fingerprint density at radius 1 is 1.21 bits per heavy atom. The van der Waals surface area contributed by atoms with E-state index in [2.05, 4.69) is 17.5 Å². The van der Waals surface area contributed by atoms with Crippen LogP contribution in [0.4, 0.5) is 0 Å². The highest BCUT2D eigenvalue weighted by molar-refractivity contribution is 4.97. The van der Waals surface area contributed by atoms with Gasteiger partial charge in [0.05, 0.1) is 6.10 Å². The number of rotatable bonds is 3. The van der Waals surface area contributed by atoms with Gasteiger partial charge >= 0.3 is 0 Å². The summed E-state index contributed by atoms with van der Waals surface area (Å²) < 4.78 is 0. The van der Waals surface area contributed by atoms with Crippen LogP contribution in [0.15, 0.2) is 12.2 Å². The summed E-state index contributed by atoms with van der Waals surface area (Å²) >= 11 is 0.